The van der Waals surface area contributed by atoms with Gasteiger partial charge in [-0.15, -0.1) is 11.6 Å². The van der Waals surface area contributed by atoms with E-state index in [9.17, 15) is 4.79 Å². The van der Waals surface area contributed by atoms with Gasteiger partial charge >= 0.3 is 5.97 Å². The van der Waals surface area contributed by atoms with E-state index in [2.05, 4.69) is 10.1 Å². The fraction of sp³-hybridized carbons (Fsp3) is 0.417. The van der Waals surface area contributed by atoms with Crippen LogP contribution in [0.1, 0.15) is 29.4 Å². The molecule has 0 fully saturated rings. The predicted molar refractivity (Wildman–Crippen MR) is 73.0 cm³/mol. The zero-order valence-electron chi connectivity index (χ0n) is 10.4. The van der Waals surface area contributed by atoms with Crippen molar-refractivity contribution in [1.29, 1.82) is 0 Å². The average Bonchev–Trinajstić information content (AvgIpc) is 2.87. The van der Waals surface area contributed by atoms with Crippen LogP contribution in [0, 0.1) is 0 Å². The zero-order chi connectivity index (χ0) is 13.8. The molecule has 0 saturated carbocycles. The van der Waals surface area contributed by atoms with Crippen LogP contribution in [0.5, 0.6) is 0 Å². The summed E-state index contributed by atoms with van der Waals surface area (Å²) in [5.41, 5.74) is 1.29. The van der Waals surface area contributed by atoms with E-state index in [4.69, 9.17) is 27.9 Å². The molecule has 0 spiro atoms. The van der Waals surface area contributed by atoms with E-state index < -0.39 is 5.97 Å². The van der Waals surface area contributed by atoms with E-state index in [1.54, 1.807) is 12.3 Å². The Morgan fingerprint density at radius 3 is 3.00 bits per heavy atom. The topological polar surface area (TPSA) is 56.5 Å². The Bertz CT molecular complexity index is 598. The molecule has 0 aliphatic heterocycles. The lowest BCUT2D eigenvalue weighted by Gasteiger charge is -2.10. The number of nitrogens with zero attached hydrogens (tertiary/aromatic N) is 3. The van der Waals surface area contributed by atoms with Gasteiger partial charge in [0.15, 0.2) is 11.3 Å². The third-order valence-electron chi connectivity index (χ3n) is 2.55. The molecule has 7 heteroatoms. The van der Waals surface area contributed by atoms with Gasteiger partial charge in [-0.1, -0.05) is 18.5 Å². The van der Waals surface area contributed by atoms with Gasteiger partial charge in [-0.05, 0) is 12.8 Å². The number of fused-ring (bicyclic) bond motifs is 1. The number of hydrogen-bond donors (Lipinski definition) is 0. The van der Waals surface area contributed by atoms with E-state index in [0.29, 0.717) is 35.3 Å². The normalized spacial score (nSPS) is 10.9. The first kappa shape index (κ1) is 14.1. The van der Waals surface area contributed by atoms with Crippen LogP contribution in [-0.4, -0.2) is 33.1 Å². The lowest BCUT2D eigenvalue weighted by molar-refractivity contribution is 0.0497. The number of halogens is 2. The lowest BCUT2D eigenvalue weighted by Crippen LogP contribution is -2.14. The minimum Gasteiger partial charge on any atom is -0.461 e. The number of ether oxygens (including phenoxy) is 1. The zero-order valence-corrected chi connectivity index (χ0v) is 11.9. The molecule has 0 bridgehead atoms. The van der Waals surface area contributed by atoms with Crippen LogP contribution < -0.4 is 0 Å². The Balaban J connectivity index is 2.50. The maximum absolute atomic E-state index is 12.0. The van der Waals surface area contributed by atoms with Crippen LogP contribution >= 0.6 is 23.2 Å². The van der Waals surface area contributed by atoms with Crippen molar-refractivity contribution >= 4 is 34.8 Å². The smallest absolute Gasteiger partial charge is 0.357 e. The van der Waals surface area contributed by atoms with Gasteiger partial charge < -0.3 is 4.74 Å². The van der Waals surface area contributed by atoms with Gasteiger partial charge in [0.2, 0.25) is 0 Å². The third kappa shape index (κ3) is 2.82. The molecule has 2 aromatic rings. The highest BCUT2D eigenvalue weighted by atomic mass is 35.5. The van der Waals surface area contributed by atoms with Crippen molar-refractivity contribution in [2.45, 2.75) is 19.8 Å². The van der Waals surface area contributed by atoms with Crippen molar-refractivity contribution in [2.75, 3.05) is 12.5 Å². The summed E-state index contributed by atoms with van der Waals surface area (Å²) in [4.78, 5) is 16.3. The summed E-state index contributed by atoms with van der Waals surface area (Å²) in [6.45, 7) is 2.27. The fourth-order valence-corrected chi connectivity index (χ4v) is 2.19. The monoisotopic (exact) mass is 301 g/mol. The number of esters is 1. The first-order valence-electron chi connectivity index (χ1n) is 5.94. The molecule has 2 aromatic heterocycles. The fourth-order valence-electron chi connectivity index (χ4n) is 1.69. The molecule has 0 amide bonds. The molecule has 0 saturated heterocycles. The van der Waals surface area contributed by atoms with Crippen molar-refractivity contribution < 1.29 is 9.53 Å². The summed E-state index contributed by atoms with van der Waals surface area (Å²) in [6.07, 6.45) is 2.75. The van der Waals surface area contributed by atoms with Gasteiger partial charge in [-0.2, -0.15) is 5.10 Å². The van der Waals surface area contributed by atoms with Crippen LogP contribution in [0.4, 0.5) is 0 Å². The van der Waals surface area contributed by atoms with Crippen molar-refractivity contribution in [1.82, 2.24) is 14.6 Å². The van der Waals surface area contributed by atoms with E-state index >= 15 is 0 Å². The molecular weight excluding hydrogens is 289 g/mol. The first-order chi connectivity index (χ1) is 9.19. The summed E-state index contributed by atoms with van der Waals surface area (Å²) in [5.74, 6) is -0.144. The highest BCUT2D eigenvalue weighted by Gasteiger charge is 2.20. The molecule has 0 radical (unpaired) electrons. The molecular formula is C12H13Cl2N3O2. The minimum atomic E-state index is -0.479. The van der Waals surface area contributed by atoms with Gasteiger partial charge in [0.25, 0.3) is 0 Å². The molecule has 2 heterocycles. The number of alkyl halides is 1. The molecule has 0 aromatic carbocycles. The van der Waals surface area contributed by atoms with Gasteiger partial charge in [0.05, 0.1) is 12.8 Å². The highest BCUT2D eigenvalue weighted by Crippen LogP contribution is 2.22. The summed E-state index contributed by atoms with van der Waals surface area (Å²) >= 11 is 12.0. The van der Waals surface area contributed by atoms with Crippen LogP contribution in [0.15, 0.2) is 12.3 Å². The van der Waals surface area contributed by atoms with Crippen molar-refractivity contribution in [3.8, 4) is 0 Å². The van der Waals surface area contributed by atoms with Crippen molar-refractivity contribution in [3.63, 3.8) is 0 Å². The lowest BCUT2D eigenvalue weighted by atomic mass is 10.2. The number of carbonyl (C=O) groups is 1. The molecule has 0 unspecified atom stereocenters. The van der Waals surface area contributed by atoms with E-state index in [1.165, 1.54) is 4.52 Å². The van der Waals surface area contributed by atoms with Gasteiger partial charge in [-0.3, -0.25) is 0 Å². The van der Waals surface area contributed by atoms with Gasteiger partial charge in [0.1, 0.15) is 5.15 Å². The minimum absolute atomic E-state index is 0.215. The first-order valence-corrected chi connectivity index (χ1v) is 6.85. The third-order valence-corrected chi connectivity index (χ3v) is 3.12. The van der Waals surface area contributed by atoms with Crippen LogP contribution in [0.2, 0.25) is 5.15 Å². The maximum Gasteiger partial charge on any atom is 0.357 e. The highest BCUT2D eigenvalue weighted by molar-refractivity contribution is 6.31. The van der Waals surface area contributed by atoms with Crippen molar-refractivity contribution in [3.05, 3.63) is 28.7 Å². The van der Waals surface area contributed by atoms with Gasteiger partial charge in [0, 0.05) is 17.5 Å². The molecule has 0 atom stereocenters. The number of aromatic nitrogens is 3. The Morgan fingerprint density at radius 2 is 2.32 bits per heavy atom. The second kappa shape index (κ2) is 6.21. The summed E-state index contributed by atoms with van der Waals surface area (Å²) < 4.78 is 6.58. The maximum atomic E-state index is 12.0. The SMILES string of the molecule is CCCOC(=O)c1nc2ccnn2c(Cl)c1CCCl. The summed E-state index contributed by atoms with van der Waals surface area (Å²) in [7, 11) is 0. The van der Waals surface area contributed by atoms with E-state index in [1.807, 2.05) is 6.92 Å². The number of hydrogen-bond acceptors (Lipinski definition) is 4. The molecule has 19 heavy (non-hydrogen) atoms. The Hall–Kier alpha value is -1.33. The van der Waals surface area contributed by atoms with Crippen molar-refractivity contribution in [2.24, 2.45) is 0 Å². The number of rotatable bonds is 5. The van der Waals surface area contributed by atoms with Crippen LogP contribution in [0.3, 0.4) is 0 Å². The molecule has 5 nitrogen and oxygen atoms in total. The Kier molecular flexibility index (Phi) is 4.61. The molecule has 0 aliphatic rings. The molecule has 0 aliphatic carbocycles. The predicted octanol–water partition coefficient (Wildman–Crippen LogP) is 2.73. The summed E-state index contributed by atoms with van der Waals surface area (Å²) in [5, 5.41) is 4.40. The van der Waals surface area contributed by atoms with Crippen LogP contribution in [0.25, 0.3) is 5.65 Å². The number of carbonyl (C=O) groups excluding carboxylic acids is 1. The average molecular weight is 302 g/mol. The Morgan fingerprint density at radius 1 is 1.53 bits per heavy atom. The second-order valence-electron chi connectivity index (χ2n) is 3.91. The van der Waals surface area contributed by atoms with Crippen LogP contribution in [-0.2, 0) is 11.2 Å². The molecule has 2 rings (SSSR count). The van der Waals surface area contributed by atoms with E-state index in [-0.39, 0.29) is 5.69 Å². The summed E-state index contributed by atoms with van der Waals surface area (Å²) in [6, 6.07) is 1.67. The van der Waals surface area contributed by atoms with Gasteiger partial charge in [-0.25, -0.2) is 14.3 Å². The molecule has 102 valence electrons. The molecule has 0 N–H and O–H groups in total. The second-order valence-corrected chi connectivity index (χ2v) is 4.64. The largest absolute Gasteiger partial charge is 0.461 e. The Labute approximate surface area is 120 Å². The standard InChI is InChI=1S/C12H13Cl2N3O2/c1-2-7-19-12(18)10-8(3-5-13)11(14)17-9(16-10)4-6-15-17/h4,6H,2-3,5,7H2,1H3. The van der Waals surface area contributed by atoms with E-state index in [0.717, 1.165) is 6.42 Å². The quantitative estimate of drug-likeness (QED) is 0.484.